The summed E-state index contributed by atoms with van der Waals surface area (Å²) >= 11 is 0.623. The third kappa shape index (κ3) is 4.26. The Hall–Kier alpha value is -3.44. The molecule has 1 unspecified atom stereocenters. The Balaban J connectivity index is 2.06. The largest absolute Gasteiger partial charge is 0.573 e. The van der Waals surface area contributed by atoms with E-state index in [9.17, 15) is 32.7 Å². The fourth-order valence-corrected chi connectivity index (χ4v) is 3.60. The molecule has 30 heavy (non-hydrogen) atoms. The lowest BCUT2D eigenvalue weighted by Crippen LogP contribution is -2.40. The molecule has 0 aliphatic rings. The van der Waals surface area contributed by atoms with Gasteiger partial charge in [0.15, 0.2) is 11.8 Å². The van der Waals surface area contributed by atoms with E-state index in [1.165, 1.54) is 24.3 Å². The molecule has 3 rings (SSSR count). The number of benzene rings is 2. The van der Waals surface area contributed by atoms with E-state index < -0.39 is 46.0 Å². The van der Waals surface area contributed by atoms with Gasteiger partial charge in [-0.3, -0.25) is 14.4 Å². The van der Waals surface area contributed by atoms with Crippen LogP contribution in [0.15, 0.2) is 47.3 Å². The molecule has 0 radical (unpaired) electrons. The Morgan fingerprint density at radius 1 is 1.07 bits per heavy atom. The fraction of sp³-hybridized carbons (Fsp3) is 0.105. The van der Waals surface area contributed by atoms with Gasteiger partial charge in [-0.05, 0) is 35.4 Å². The van der Waals surface area contributed by atoms with Crippen LogP contribution >= 0.6 is 11.3 Å². The number of carbonyl (C=O) groups excluding carboxylic acids is 1. The van der Waals surface area contributed by atoms with Crippen LogP contribution in [0.1, 0.15) is 10.4 Å². The number of carboxylic acids is 1. The first-order valence-corrected chi connectivity index (χ1v) is 8.98. The van der Waals surface area contributed by atoms with E-state index in [4.69, 9.17) is 10.8 Å². The number of alkyl halides is 3. The highest BCUT2D eigenvalue weighted by molar-refractivity contribution is 7.16. The lowest BCUT2D eigenvalue weighted by atomic mass is 10.0. The molecule has 7 nitrogen and oxygen atoms in total. The number of hydrogen-bond donors (Lipinski definition) is 3. The van der Waals surface area contributed by atoms with Crippen molar-refractivity contribution in [2.75, 3.05) is 0 Å². The first kappa shape index (κ1) is 21.3. The molecule has 2 aromatic carbocycles. The highest BCUT2D eigenvalue weighted by atomic mass is 32.1. The molecule has 0 saturated carbocycles. The van der Waals surface area contributed by atoms with Gasteiger partial charge in [0, 0.05) is 10.1 Å². The van der Waals surface area contributed by atoms with Gasteiger partial charge < -0.3 is 20.7 Å². The van der Waals surface area contributed by atoms with Crippen LogP contribution in [-0.4, -0.2) is 34.4 Å². The third-order valence-corrected chi connectivity index (χ3v) is 5.06. The molecule has 156 valence electrons. The molecule has 0 bridgehead atoms. The summed E-state index contributed by atoms with van der Waals surface area (Å²) in [6.45, 7) is 0. The minimum atomic E-state index is -4.83. The van der Waals surface area contributed by atoms with Crippen molar-refractivity contribution in [3.63, 3.8) is 0 Å². The average Bonchev–Trinajstić information content (AvgIpc) is 2.66. The van der Waals surface area contributed by atoms with Gasteiger partial charge in [-0.25, -0.2) is 0 Å². The summed E-state index contributed by atoms with van der Waals surface area (Å²) in [5.74, 6) is -4.01. The number of nitrogens with two attached hydrogens (primary N) is 1. The van der Waals surface area contributed by atoms with Crippen LogP contribution in [-0.2, 0) is 4.79 Å². The maximum absolute atomic E-state index is 12.3. The summed E-state index contributed by atoms with van der Waals surface area (Å²) < 4.78 is 40.1. The normalized spacial score (nSPS) is 12.5. The lowest BCUT2D eigenvalue weighted by Gasteiger charge is -2.11. The van der Waals surface area contributed by atoms with E-state index in [1.807, 2.05) is 0 Å². The molecule has 0 aliphatic carbocycles. The number of Topliss-reactive ketones (excluding diaryl/α,β-unsaturated/α-hetero) is 1. The number of halogens is 3. The number of aliphatic carboxylic acids is 1. The van der Waals surface area contributed by atoms with Crippen molar-refractivity contribution in [2.45, 2.75) is 12.4 Å². The summed E-state index contributed by atoms with van der Waals surface area (Å²) in [6, 6.07) is 7.40. The van der Waals surface area contributed by atoms with Crippen molar-refractivity contribution in [1.82, 2.24) is 0 Å². The highest BCUT2D eigenvalue weighted by Gasteiger charge is 2.31. The van der Waals surface area contributed by atoms with Gasteiger partial charge in [0.2, 0.25) is 4.74 Å². The van der Waals surface area contributed by atoms with Crippen molar-refractivity contribution in [2.24, 2.45) is 5.73 Å². The molecule has 3 aromatic rings. The smallest absolute Gasteiger partial charge is 0.506 e. The number of fused-ring (bicyclic) bond motifs is 1. The van der Waals surface area contributed by atoms with Gasteiger partial charge in [0.05, 0.1) is 0 Å². The summed E-state index contributed by atoms with van der Waals surface area (Å²) in [5, 5.41) is 19.4. The van der Waals surface area contributed by atoms with Gasteiger partial charge in [-0.1, -0.05) is 29.5 Å². The Labute approximate surface area is 169 Å². The Morgan fingerprint density at radius 2 is 1.67 bits per heavy atom. The van der Waals surface area contributed by atoms with Crippen molar-refractivity contribution in [1.29, 1.82) is 0 Å². The van der Waals surface area contributed by atoms with E-state index in [0.29, 0.717) is 27.2 Å². The first-order chi connectivity index (χ1) is 14.0. The highest BCUT2D eigenvalue weighted by Crippen LogP contribution is 2.34. The molecule has 4 N–H and O–H groups in total. The summed E-state index contributed by atoms with van der Waals surface area (Å²) in [7, 11) is 0. The molecule has 1 atom stereocenters. The predicted molar refractivity (Wildman–Crippen MR) is 102 cm³/mol. The number of carboxylic acid groups (broad SMARTS) is 1. The van der Waals surface area contributed by atoms with Gasteiger partial charge in [0.25, 0.3) is 0 Å². The number of ether oxygens (including phenoxy) is 1. The molecule has 0 saturated heterocycles. The summed E-state index contributed by atoms with van der Waals surface area (Å²) in [5.41, 5.74) is 5.47. The molecule has 1 heterocycles. The van der Waals surface area contributed by atoms with Crippen molar-refractivity contribution >= 4 is 33.2 Å². The van der Waals surface area contributed by atoms with E-state index >= 15 is 0 Å². The minimum Gasteiger partial charge on any atom is -0.506 e. The predicted octanol–water partition coefficient (Wildman–Crippen LogP) is 3.13. The van der Waals surface area contributed by atoms with Crippen LogP contribution < -0.4 is 15.2 Å². The molecular formula is C19H12F3NO6S. The maximum atomic E-state index is 12.3. The first-order valence-electron chi connectivity index (χ1n) is 8.16. The Bertz CT molecular complexity index is 1200. The monoisotopic (exact) mass is 439 g/mol. The van der Waals surface area contributed by atoms with E-state index in [-0.39, 0.29) is 5.39 Å². The van der Waals surface area contributed by atoms with E-state index in [0.717, 1.165) is 12.1 Å². The number of carbonyl (C=O) groups is 2. The van der Waals surface area contributed by atoms with Crippen molar-refractivity contribution in [3.05, 3.63) is 57.6 Å². The van der Waals surface area contributed by atoms with Gasteiger partial charge in [0.1, 0.15) is 17.1 Å². The topological polar surface area (TPSA) is 127 Å². The second-order valence-electron chi connectivity index (χ2n) is 6.08. The quantitative estimate of drug-likeness (QED) is 0.412. The SMILES string of the molecule is NC(C(=O)O)C(=O)c1c(O)c2cc(-c3ccc(OC(F)(F)F)cc3)ccc2sc1=O. The molecule has 0 amide bonds. The number of rotatable bonds is 5. The molecule has 0 fully saturated rings. The van der Waals surface area contributed by atoms with Gasteiger partial charge >= 0.3 is 12.3 Å². The number of hydrogen-bond acceptors (Lipinski definition) is 7. The summed E-state index contributed by atoms with van der Waals surface area (Å²) in [4.78, 5) is 35.4. The molecule has 11 heteroatoms. The van der Waals surface area contributed by atoms with E-state index in [2.05, 4.69) is 4.74 Å². The van der Waals surface area contributed by atoms with Crippen molar-refractivity contribution in [3.8, 4) is 22.6 Å². The van der Waals surface area contributed by atoms with Crippen LogP contribution in [0.2, 0.25) is 0 Å². The third-order valence-electron chi connectivity index (χ3n) is 4.09. The van der Waals surface area contributed by atoms with Crippen LogP contribution in [0, 0.1) is 0 Å². The lowest BCUT2D eigenvalue weighted by molar-refractivity contribution is -0.274. The van der Waals surface area contributed by atoms with Gasteiger partial charge in [-0.15, -0.1) is 13.2 Å². The molecule has 0 aliphatic heterocycles. The minimum absolute atomic E-state index is 0.0913. The van der Waals surface area contributed by atoms with Crippen LogP contribution in [0.4, 0.5) is 13.2 Å². The zero-order valence-electron chi connectivity index (χ0n) is 14.8. The number of ketones is 1. The Kier molecular flexibility index (Phi) is 5.51. The molecular weight excluding hydrogens is 427 g/mol. The number of aromatic hydroxyl groups is 1. The molecule has 1 aromatic heterocycles. The van der Waals surface area contributed by atoms with Crippen LogP contribution in [0.3, 0.4) is 0 Å². The zero-order chi connectivity index (χ0) is 22.2. The average molecular weight is 439 g/mol. The van der Waals surface area contributed by atoms with Gasteiger partial charge in [-0.2, -0.15) is 0 Å². The van der Waals surface area contributed by atoms with Crippen LogP contribution in [0.25, 0.3) is 21.2 Å². The zero-order valence-corrected chi connectivity index (χ0v) is 15.6. The molecule has 0 spiro atoms. The van der Waals surface area contributed by atoms with Crippen molar-refractivity contribution < 1.29 is 37.7 Å². The summed E-state index contributed by atoms with van der Waals surface area (Å²) in [6.07, 6.45) is -4.83. The van der Waals surface area contributed by atoms with E-state index in [1.54, 1.807) is 6.07 Å². The maximum Gasteiger partial charge on any atom is 0.573 e. The second-order valence-corrected chi connectivity index (χ2v) is 7.09. The standard InChI is InChI=1S/C19H12F3NO6S/c20-19(21,22)29-10-4-1-8(2-5-10)9-3-6-12-11(7-9)15(24)13(18(28)30-12)16(25)14(23)17(26)27/h1-7,14,24H,23H2,(H,26,27). The Morgan fingerprint density at radius 3 is 2.23 bits per heavy atom. The van der Waals surface area contributed by atoms with Crippen LogP contribution in [0.5, 0.6) is 11.5 Å². The fourth-order valence-electron chi connectivity index (χ4n) is 2.70. The second kappa shape index (κ2) is 7.76.